The summed E-state index contributed by atoms with van der Waals surface area (Å²) in [6.07, 6.45) is -4.46. The van der Waals surface area contributed by atoms with E-state index in [0.717, 1.165) is 17.7 Å². The number of halogens is 3. The first-order valence-electron chi connectivity index (χ1n) is 9.46. The van der Waals surface area contributed by atoms with Crippen molar-refractivity contribution >= 4 is 28.9 Å². The molecule has 0 fully saturated rings. The number of rotatable bonds is 5. The highest BCUT2D eigenvalue weighted by Gasteiger charge is 2.36. The fourth-order valence-corrected chi connectivity index (χ4v) is 3.10. The lowest BCUT2D eigenvalue weighted by molar-refractivity contribution is -0.137. The van der Waals surface area contributed by atoms with E-state index in [1.165, 1.54) is 24.5 Å². The molecule has 2 heterocycles. The van der Waals surface area contributed by atoms with Crippen molar-refractivity contribution in [2.75, 3.05) is 10.6 Å². The van der Waals surface area contributed by atoms with Gasteiger partial charge in [0.1, 0.15) is 0 Å². The lowest BCUT2D eigenvalue weighted by atomic mass is 10.0. The first-order chi connectivity index (χ1) is 15.3. The molecule has 4 rings (SSSR count). The molecule has 1 unspecified atom stereocenters. The number of anilines is 2. The maximum absolute atomic E-state index is 13.6. The minimum Gasteiger partial charge on any atom is -0.459 e. The maximum atomic E-state index is 13.6. The summed E-state index contributed by atoms with van der Waals surface area (Å²) in [5.41, 5.74) is -0.405. The zero-order valence-corrected chi connectivity index (χ0v) is 16.3. The molecule has 10 heteroatoms. The number of oxime groups is 1. The van der Waals surface area contributed by atoms with Gasteiger partial charge in [-0.1, -0.05) is 35.5 Å². The van der Waals surface area contributed by atoms with Crippen LogP contribution in [0.4, 0.5) is 24.5 Å². The van der Waals surface area contributed by atoms with Gasteiger partial charge in [-0.15, -0.1) is 0 Å². The summed E-state index contributed by atoms with van der Waals surface area (Å²) in [7, 11) is 0. The number of carbonyl (C=O) groups excluding carboxylic acids is 2. The number of carbonyl (C=O) groups is 2. The average molecular weight is 443 g/mol. The standard InChI is InChI=1S/C22H16F3N3O4/c23-22(24,25)15-11-14(26-20(29)18-7-4-10-31-18)8-9-16(15)27-21(30)19-12-17(28-32-19)13-5-2-1-3-6-13/h1-11,19H,12H2,(H,26,29)(H,27,30). The number of alkyl halides is 3. The van der Waals surface area contributed by atoms with Gasteiger partial charge in [-0.3, -0.25) is 9.59 Å². The van der Waals surface area contributed by atoms with Gasteiger partial charge in [0.2, 0.25) is 6.10 Å². The molecule has 1 atom stereocenters. The van der Waals surface area contributed by atoms with Crippen molar-refractivity contribution < 1.29 is 32.0 Å². The van der Waals surface area contributed by atoms with Crippen molar-refractivity contribution in [3.63, 3.8) is 0 Å². The number of furan rings is 1. The predicted octanol–water partition coefficient (Wildman–Crippen LogP) is 4.68. The molecule has 1 aromatic heterocycles. The van der Waals surface area contributed by atoms with Gasteiger partial charge in [0.25, 0.3) is 11.8 Å². The highest BCUT2D eigenvalue weighted by atomic mass is 19.4. The molecule has 1 aliphatic rings. The van der Waals surface area contributed by atoms with Crippen LogP contribution in [0.1, 0.15) is 28.1 Å². The summed E-state index contributed by atoms with van der Waals surface area (Å²) >= 11 is 0. The molecule has 3 aromatic rings. The van der Waals surface area contributed by atoms with E-state index in [9.17, 15) is 22.8 Å². The Morgan fingerprint density at radius 2 is 1.78 bits per heavy atom. The average Bonchev–Trinajstić information content (AvgIpc) is 3.47. The van der Waals surface area contributed by atoms with Crippen LogP contribution in [0.3, 0.4) is 0 Å². The number of benzene rings is 2. The van der Waals surface area contributed by atoms with Crippen LogP contribution in [0.15, 0.2) is 76.5 Å². The smallest absolute Gasteiger partial charge is 0.418 e. The molecular weight excluding hydrogens is 427 g/mol. The molecule has 0 radical (unpaired) electrons. The van der Waals surface area contributed by atoms with Gasteiger partial charge in [0.05, 0.1) is 23.2 Å². The normalized spacial score (nSPS) is 15.6. The lowest BCUT2D eigenvalue weighted by Gasteiger charge is -2.17. The van der Waals surface area contributed by atoms with Crippen molar-refractivity contribution in [1.29, 1.82) is 0 Å². The van der Waals surface area contributed by atoms with Crippen LogP contribution in [0, 0.1) is 0 Å². The van der Waals surface area contributed by atoms with Crippen molar-refractivity contribution in [2.24, 2.45) is 5.16 Å². The molecule has 1 aliphatic heterocycles. The van der Waals surface area contributed by atoms with Crippen LogP contribution < -0.4 is 10.6 Å². The maximum Gasteiger partial charge on any atom is 0.418 e. The number of hydrogen-bond donors (Lipinski definition) is 2. The predicted molar refractivity (Wildman–Crippen MR) is 109 cm³/mol. The highest BCUT2D eigenvalue weighted by molar-refractivity contribution is 6.06. The van der Waals surface area contributed by atoms with Gasteiger partial charge in [-0.25, -0.2) is 0 Å². The molecular formula is C22H16F3N3O4. The van der Waals surface area contributed by atoms with E-state index in [0.29, 0.717) is 5.71 Å². The van der Waals surface area contributed by atoms with Crippen molar-refractivity contribution in [1.82, 2.24) is 0 Å². The first-order valence-corrected chi connectivity index (χ1v) is 9.46. The third-order valence-electron chi connectivity index (χ3n) is 4.65. The summed E-state index contributed by atoms with van der Waals surface area (Å²) in [6.45, 7) is 0. The number of hydrogen-bond acceptors (Lipinski definition) is 5. The van der Waals surface area contributed by atoms with E-state index in [-0.39, 0.29) is 17.9 Å². The largest absolute Gasteiger partial charge is 0.459 e. The minimum atomic E-state index is -4.78. The number of nitrogens with one attached hydrogen (secondary N) is 2. The van der Waals surface area contributed by atoms with Crippen LogP contribution >= 0.6 is 0 Å². The summed E-state index contributed by atoms with van der Waals surface area (Å²) in [6, 6.07) is 14.9. The van der Waals surface area contributed by atoms with Gasteiger partial charge in [-0.2, -0.15) is 13.2 Å². The Labute approximate surface area is 179 Å². The second-order valence-corrected chi connectivity index (χ2v) is 6.88. The Balaban J connectivity index is 1.48. The molecule has 0 bridgehead atoms. The van der Waals surface area contributed by atoms with E-state index in [1.54, 1.807) is 24.3 Å². The van der Waals surface area contributed by atoms with Crippen molar-refractivity contribution in [3.8, 4) is 0 Å². The van der Waals surface area contributed by atoms with Gasteiger partial charge >= 0.3 is 6.18 Å². The number of amides is 2. The Bertz CT molecular complexity index is 1160. The number of nitrogens with zero attached hydrogens (tertiary/aromatic N) is 1. The van der Waals surface area contributed by atoms with E-state index in [4.69, 9.17) is 9.25 Å². The van der Waals surface area contributed by atoms with Crippen molar-refractivity contribution in [2.45, 2.75) is 18.7 Å². The van der Waals surface area contributed by atoms with E-state index in [2.05, 4.69) is 15.8 Å². The Hall–Kier alpha value is -4.08. The SMILES string of the molecule is O=C(Nc1ccc(NC(=O)C2CC(c3ccccc3)=NO2)c(C(F)(F)F)c1)c1ccco1. The Morgan fingerprint density at radius 3 is 2.47 bits per heavy atom. The van der Waals surface area contributed by atoms with Gasteiger partial charge in [-0.05, 0) is 35.9 Å². The second kappa shape index (κ2) is 8.58. The van der Waals surface area contributed by atoms with Gasteiger partial charge in [0, 0.05) is 12.1 Å². The van der Waals surface area contributed by atoms with E-state index in [1.807, 2.05) is 6.07 Å². The van der Waals surface area contributed by atoms with E-state index < -0.39 is 35.3 Å². The Kier molecular flexibility index (Phi) is 5.67. The van der Waals surface area contributed by atoms with Crippen LogP contribution in [0.25, 0.3) is 0 Å². The van der Waals surface area contributed by atoms with Crippen LogP contribution in [-0.4, -0.2) is 23.6 Å². The molecule has 7 nitrogen and oxygen atoms in total. The molecule has 32 heavy (non-hydrogen) atoms. The summed E-state index contributed by atoms with van der Waals surface area (Å²) < 4.78 is 45.8. The summed E-state index contributed by atoms with van der Waals surface area (Å²) in [4.78, 5) is 29.7. The van der Waals surface area contributed by atoms with Gasteiger partial charge in [0.15, 0.2) is 5.76 Å². The lowest BCUT2D eigenvalue weighted by Crippen LogP contribution is -2.29. The fraction of sp³-hybridized carbons (Fsp3) is 0.136. The molecule has 0 saturated carbocycles. The highest BCUT2D eigenvalue weighted by Crippen LogP contribution is 2.37. The Morgan fingerprint density at radius 1 is 1.00 bits per heavy atom. The third-order valence-corrected chi connectivity index (χ3v) is 4.65. The minimum absolute atomic E-state index is 0.0523. The zero-order chi connectivity index (χ0) is 22.7. The quantitative estimate of drug-likeness (QED) is 0.599. The molecule has 2 N–H and O–H groups in total. The van der Waals surface area contributed by atoms with E-state index >= 15 is 0 Å². The fourth-order valence-electron chi connectivity index (χ4n) is 3.10. The van der Waals surface area contributed by atoms with Crippen LogP contribution in [0.5, 0.6) is 0 Å². The monoisotopic (exact) mass is 443 g/mol. The van der Waals surface area contributed by atoms with Crippen molar-refractivity contribution in [3.05, 3.63) is 83.8 Å². The molecule has 0 saturated heterocycles. The molecule has 0 spiro atoms. The molecule has 164 valence electrons. The summed E-state index contributed by atoms with van der Waals surface area (Å²) in [5.74, 6) is -1.52. The van der Waals surface area contributed by atoms with Crippen LogP contribution in [0.2, 0.25) is 0 Å². The zero-order valence-electron chi connectivity index (χ0n) is 16.3. The van der Waals surface area contributed by atoms with Gasteiger partial charge < -0.3 is 19.9 Å². The molecule has 0 aliphatic carbocycles. The van der Waals surface area contributed by atoms with Crippen LogP contribution in [-0.2, 0) is 15.8 Å². The summed E-state index contributed by atoms with van der Waals surface area (Å²) in [5, 5.41) is 8.45. The second-order valence-electron chi connectivity index (χ2n) is 6.88. The topological polar surface area (TPSA) is 92.9 Å². The third kappa shape index (κ3) is 4.64. The first kappa shape index (κ1) is 21.2. The molecule has 2 amide bonds. The molecule has 2 aromatic carbocycles.